The van der Waals surface area contributed by atoms with Crippen LogP contribution in [0.25, 0.3) is 5.57 Å². The molecule has 5 nitrogen and oxygen atoms in total. The predicted octanol–water partition coefficient (Wildman–Crippen LogP) is 4.19. The number of carbonyl (C=O) groups is 2. The van der Waals surface area contributed by atoms with Crippen molar-refractivity contribution in [1.82, 2.24) is 4.90 Å². The molecule has 31 heavy (non-hydrogen) atoms. The summed E-state index contributed by atoms with van der Waals surface area (Å²) < 4.78 is 33.1. The second-order valence-corrected chi connectivity index (χ2v) is 7.78. The van der Waals surface area contributed by atoms with Crippen LogP contribution in [0.2, 0.25) is 0 Å². The molecule has 2 aromatic carbocycles. The third kappa shape index (κ3) is 4.37. The molecular weight excluding hydrogens is 402 g/mol. The van der Waals surface area contributed by atoms with E-state index in [1.54, 1.807) is 6.07 Å². The lowest BCUT2D eigenvalue weighted by Gasteiger charge is -2.29. The number of carbonyl (C=O) groups excluding carboxylic acids is 2. The minimum absolute atomic E-state index is 0.0264. The van der Waals surface area contributed by atoms with Crippen molar-refractivity contribution in [3.8, 4) is 0 Å². The molecule has 0 spiro atoms. The van der Waals surface area contributed by atoms with Crippen LogP contribution in [-0.4, -0.2) is 43.0 Å². The third-order valence-electron chi connectivity index (χ3n) is 5.82. The van der Waals surface area contributed by atoms with Crippen molar-refractivity contribution in [1.29, 1.82) is 0 Å². The second kappa shape index (κ2) is 8.98. The number of hydrogen-bond donors (Lipinski definition) is 1. The molecule has 2 amide bonds. The van der Waals surface area contributed by atoms with E-state index < -0.39 is 23.1 Å². The predicted molar refractivity (Wildman–Crippen MR) is 114 cm³/mol. The number of morpholine rings is 1. The average molecular weight is 426 g/mol. The summed E-state index contributed by atoms with van der Waals surface area (Å²) in [5.74, 6) is -2.62. The standard InChI is InChI=1S/C24H24F2N2O3/c1-15(24(30)28-10-12-31-13-11-28)18-5-2-4-16-14-17(8-9-19(16)18)27-23(29)22-20(25)6-3-7-21(22)26/h3,6-9,14H,2,4-5,10-13H2,1H3,(H,27,29)/b18-15+. The van der Waals surface area contributed by atoms with Crippen LogP contribution in [-0.2, 0) is 16.0 Å². The summed E-state index contributed by atoms with van der Waals surface area (Å²) in [6.45, 7) is 4.15. The van der Waals surface area contributed by atoms with Gasteiger partial charge in [-0.3, -0.25) is 9.59 Å². The molecule has 0 aromatic heterocycles. The normalized spacial score (nSPS) is 17.7. The average Bonchev–Trinajstić information content (AvgIpc) is 2.78. The van der Waals surface area contributed by atoms with Crippen LogP contribution in [0, 0.1) is 11.6 Å². The summed E-state index contributed by atoms with van der Waals surface area (Å²) >= 11 is 0. The largest absolute Gasteiger partial charge is 0.378 e. The zero-order valence-corrected chi connectivity index (χ0v) is 17.3. The lowest BCUT2D eigenvalue weighted by Crippen LogP contribution is -2.41. The molecule has 1 aliphatic heterocycles. The number of aryl methyl sites for hydroxylation is 1. The molecule has 0 radical (unpaired) electrons. The summed E-state index contributed by atoms with van der Waals surface area (Å²) in [6, 6.07) is 8.71. The Morgan fingerprint density at radius 1 is 1.03 bits per heavy atom. The van der Waals surface area contributed by atoms with E-state index in [0.29, 0.717) is 32.0 Å². The fourth-order valence-corrected chi connectivity index (χ4v) is 4.19. The molecule has 0 saturated carbocycles. The first-order chi connectivity index (χ1) is 15.0. The molecule has 2 aromatic rings. The first-order valence-corrected chi connectivity index (χ1v) is 10.4. The van der Waals surface area contributed by atoms with E-state index in [1.807, 2.05) is 24.0 Å². The van der Waals surface area contributed by atoms with Crippen LogP contribution in [0.4, 0.5) is 14.5 Å². The maximum absolute atomic E-state index is 13.9. The van der Waals surface area contributed by atoms with Crippen LogP contribution < -0.4 is 5.32 Å². The van der Waals surface area contributed by atoms with Gasteiger partial charge in [0, 0.05) is 24.4 Å². The van der Waals surface area contributed by atoms with Crippen molar-refractivity contribution >= 4 is 23.1 Å². The Morgan fingerprint density at radius 2 is 1.74 bits per heavy atom. The van der Waals surface area contributed by atoms with E-state index in [-0.39, 0.29) is 5.91 Å². The highest BCUT2D eigenvalue weighted by atomic mass is 19.1. The number of rotatable bonds is 3. The third-order valence-corrected chi connectivity index (χ3v) is 5.82. The van der Waals surface area contributed by atoms with Crippen molar-refractivity contribution in [2.75, 3.05) is 31.6 Å². The molecule has 1 aliphatic carbocycles. The van der Waals surface area contributed by atoms with Crippen molar-refractivity contribution in [3.05, 3.63) is 70.3 Å². The zero-order valence-electron chi connectivity index (χ0n) is 17.3. The molecule has 4 rings (SSSR count). The van der Waals surface area contributed by atoms with E-state index in [1.165, 1.54) is 6.07 Å². The lowest BCUT2D eigenvalue weighted by molar-refractivity contribution is -0.131. The van der Waals surface area contributed by atoms with Crippen LogP contribution in [0.5, 0.6) is 0 Å². The molecule has 7 heteroatoms. The van der Waals surface area contributed by atoms with Gasteiger partial charge in [-0.25, -0.2) is 8.78 Å². The number of halogens is 2. The second-order valence-electron chi connectivity index (χ2n) is 7.78. The molecule has 1 fully saturated rings. The monoisotopic (exact) mass is 426 g/mol. The Bertz CT molecular complexity index is 1040. The first kappa shape index (κ1) is 21.2. The maximum Gasteiger partial charge on any atom is 0.261 e. The number of benzene rings is 2. The minimum atomic E-state index is -0.905. The summed E-state index contributed by atoms with van der Waals surface area (Å²) in [5, 5.41) is 2.58. The number of nitrogens with one attached hydrogen (secondary N) is 1. The van der Waals surface area contributed by atoms with Gasteiger partial charge in [0.1, 0.15) is 17.2 Å². The first-order valence-electron chi connectivity index (χ1n) is 10.4. The van der Waals surface area contributed by atoms with Crippen molar-refractivity contribution in [2.24, 2.45) is 0 Å². The molecule has 1 saturated heterocycles. The number of anilines is 1. The summed E-state index contributed by atoms with van der Waals surface area (Å²) in [6.07, 6.45) is 2.49. The van der Waals surface area contributed by atoms with Gasteiger partial charge in [0.2, 0.25) is 5.91 Å². The maximum atomic E-state index is 13.9. The van der Waals surface area contributed by atoms with Gasteiger partial charge in [-0.05, 0) is 67.2 Å². The van der Waals surface area contributed by atoms with E-state index in [2.05, 4.69) is 5.32 Å². The van der Waals surface area contributed by atoms with Crippen LogP contribution >= 0.6 is 0 Å². The minimum Gasteiger partial charge on any atom is -0.378 e. The molecule has 0 bridgehead atoms. The van der Waals surface area contributed by atoms with Gasteiger partial charge in [-0.15, -0.1) is 0 Å². The highest BCUT2D eigenvalue weighted by Crippen LogP contribution is 2.35. The molecule has 2 aliphatic rings. The summed E-state index contributed by atoms with van der Waals surface area (Å²) in [7, 11) is 0. The molecule has 1 N–H and O–H groups in total. The van der Waals surface area contributed by atoms with Gasteiger partial charge in [0.15, 0.2) is 0 Å². The fraction of sp³-hybridized carbons (Fsp3) is 0.333. The molecule has 162 valence electrons. The van der Waals surface area contributed by atoms with Crippen LogP contribution in [0.15, 0.2) is 42.0 Å². The van der Waals surface area contributed by atoms with Gasteiger partial charge in [-0.2, -0.15) is 0 Å². The van der Waals surface area contributed by atoms with Crippen molar-refractivity contribution < 1.29 is 23.1 Å². The topological polar surface area (TPSA) is 58.6 Å². The Morgan fingerprint density at radius 3 is 2.45 bits per heavy atom. The number of nitrogens with zero attached hydrogens (tertiary/aromatic N) is 1. The molecule has 0 unspecified atom stereocenters. The number of amides is 2. The SMILES string of the molecule is C/C(C(=O)N1CCOCC1)=C1/CCCc2cc(NC(=O)c3c(F)cccc3F)ccc21. The summed E-state index contributed by atoms with van der Waals surface area (Å²) in [5.41, 5.74) is 3.59. The zero-order chi connectivity index (χ0) is 22.0. The number of fused-ring (bicyclic) bond motifs is 1. The molecule has 1 heterocycles. The van der Waals surface area contributed by atoms with E-state index in [4.69, 9.17) is 4.74 Å². The van der Waals surface area contributed by atoms with E-state index >= 15 is 0 Å². The van der Waals surface area contributed by atoms with Gasteiger partial charge in [0.25, 0.3) is 5.91 Å². The Hall–Kier alpha value is -3.06. The smallest absolute Gasteiger partial charge is 0.261 e. The number of hydrogen-bond acceptors (Lipinski definition) is 3. The van der Waals surface area contributed by atoms with Crippen LogP contribution in [0.3, 0.4) is 0 Å². The Balaban J connectivity index is 1.58. The lowest BCUT2D eigenvalue weighted by atomic mass is 9.84. The van der Waals surface area contributed by atoms with Gasteiger partial charge in [0.05, 0.1) is 13.2 Å². The number of ether oxygens (including phenoxy) is 1. The van der Waals surface area contributed by atoms with Gasteiger partial charge < -0.3 is 15.0 Å². The number of allylic oxidation sites excluding steroid dienone is 1. The van der Waals surface area contributed by atoms with Crippen molar-refractivity contribution in [3.63, 3.8) is 0 Å². The van der Waals surface area contributed by atoms with E-state index in [9.17, 15) is 18.4 Å². The van der Waals surface area contributed by atoms with Crippen LogP contribution in [0.1, 0.15) is 41.3 Å². The van der Waals surface area contributed by atoms with Crippen molar-refractivity contribution in [2.45, 2.75) is 26.2 Å². The van der Waals surface area contributed by atoms with E-state index in [0.717, 1.165) is 53.7 Å². The Kier molecular flexibility index (Phi) is 6.13. The molecular formula is C24H24F2N2O3. The molecule has 0 atom stereocenters. The van der Waals surface area contributed by atoms with Gasteiger partial charge in [-0.1, -0.05) is 12.1 Å². The highest BCUT2D eigenvalue weighted by Gasteiger charge is 2.24. The highest BCUT2D eigenvalue weighted by molar-refractivity contribution is 6.05. The van der Waals surface area contributed by atoms with Gasteiger partial charge >= 0.3 is 0 Å². The Labute approximate surface area is 179 Å². The quantitative estimate of drug-likeness (QED) is 0.749. The summed E-state index contributed by atoms with van der Waals surface area (Å²) in [4.78, 5) is 27.1. The fourth-order valence-electron chi connectivity index (χ4n) is 4.19.